The number of nitrogens with zero attached hydrogens (tertiary/aromatic N) is 2. The van der Waals surface area contributed by atoms with Crippen molar-refractivity contribution < 1.29 is 14.3 Å². The summed E-state index contributed by atoms with van der Waals surface area (Å²) in [6.45, 7) is 12.6. The van der Waals surface area contributed by atoms with E-state index in [1.807, 2.05) is 43.3 Å². The molecule has 0 saturated carbocycles. The Hall–Kier alpha value is -2.57. The van der Waals surface area contributed by atoms with Gasteiger partial charge >= 0.3 is 0 Å². The first kappa shape index (κ1) is 23.1. The molecule has 3 rings (SSSR count). The Bertz CT molecular complexity index is 830. The highest BCUT2D eigenvalue weighted by atomic mass is 16.5. The van der Waals surface area contributed by atoms with Crippen LogP contribution in [0.5, 0.6) is 11.5 Å². The molecule has 0 aliphatic carbocycles. The number of benzene rings is 2. The first-order valence-electron chi connectivity index (χ1n) is 11.2. The maximum absolute atomic E-state index is 12.4. The fourth-order valence-corrected chi connectivity index (χ4v) is 3.59. The number of ether oxygens (including phenoxy) is 2. The molecule has 31 heavy (non-hydrogen) atoms. The monoisotopic (exact) mass is 425 g/mol. The van der Waals surface area contributed by atoms with Crippen molar-refractivity contribution in [1.29, 1.82) is 0 Å². The Morgan fingerprint density at radius 3 is 2.16 bits per heavy atom. The molecule has 0 aromatic heterocycles. The van der Waals surface area contributed by atoms with Crippen LogP contribution in [-0.4, -0.2) is 68.2 Å². The lowest BCUT2D eigenvalue weighted by Crippen LogP contribution is -2.49. The molecule has 0 spiro atoms. The lowest BCUT2D eigenvalue weighted by Gasteiger charge is -2.34. The molecule has 168 valence electrons. The SMILES string of the molecule is CCCOc1ccc(OCCN2CCN(CC(=O)Nc3cccc(C)c3C)CC2)cc1. The van der Waals surface area contributed by atoms with E-state index in [1.54, 1.807) is 0 Å². The van der Waals surface area contributed by atoms with Crippen LogP contribution in [0.1, 0.15) is 24.5 Å². The molecule has 1 saturated heterocycles. The number of rotatable bonds is 10. The zero-order chi connectivity index (χ0) is 22.1. The van der Waals surface area contributed by atoms with Crippen molar-refractivity contribution in [3.8, 4) is 11.5 Å². The number of carbonyl (C=O) groups is 1. The van der Waals surface area contributed by atoms with Gasteiger partial charge in [-0.25, -0.2) is 0 Å². The first-order chi connectivity index (χ1) is 15.0. The first-order valence-corrected chi connectivity index (χ1v) is 11.2. The highest BCUT2D eigenvalue weighted by molar-refractivity contribution is 5.93. The summed E-state index contributed by atoms with van der Waals surface area (Å²) >= 11 is 0. The maximum Gasteiger partial charge on any atom is 0.238 e. The van der Waals surface area contributed by atoms with Crippen LogP contribution < -0.4 is 14.8 Å². The van der Waals surface area contributed by atoms with Gasteiger partial charge in [0.15, 0.2) is 0 Å². The van der Waals surface area contributed by atoms with Crippen LogP contribution in [0, 0.1) is 13.8 Å². The number of aryl methyl sites for hydroxylation is 1. The van der Waals surface area contributed by atoms with E-state index in [-0.39, 0.29) is 5.91 Å². The summed E-state index contributed by atoms with van der Waals surface area (Å²) in [5, 5.41) is 3.05. The van der Waals surface area contributed by atoms with Crippen molar-refractivity contribution >= 4 is 11.6 Å². The predicted molar refractivity (Wildman–Crippen MR) is 125 cm³/mol. The molecule has 0 atom stereocenters. The van der Waals surface area contributed by atoms with E-state index < -0.39 is 0 Å². The topological polar surface area (TPSA) is 54.0 Å². The van der Waals surface area contributed by atoms with Crippen LogP contribution in [0.4, 0.5) is 5.69 Å². The number of amides is 1. The standard InChI is InChI=1S/C25H35N3O3/c1-4-17-30-22-8-10-23(11-9-22)31-18-16-27-12-14-28(15-13-27)19-25(29)26-24-7-5-6-20(2)21(24)3/h5-11H,4,12-19H2,1-3H3,(H,26,29). The van der Waals surface area contributed by atoms with Crippen molar-refractivity contribution in [2.24, 2.45) is 0 Å². The van der Waals surface area contributed by atoms with Gasteiger partial charge in [-0.1, -0.05) is 19.1 Å². The van der Waals surface area contributed by atoms with Crippen LogP contribution >= 0.6 is 0 Å². The number of anilines is 1. The molecule has 6 nitrogen and oxygen atoms in total. The second-order valence-corrected chi connectivity index (χ2v) is 8.08. The van der Waals surface area contributed by atoms with Gasteiger partial charge in [-0.3, -0.25) is 14.6 Å². The molecule has 1 N–H and O–H groups in total. The normalized spacial score (nSPS) is 14.9. The smallest absolute Gasteiger partial charge is 0.238 e. The van der Waals surface area contributed by atoms with Gasteiger partial charge in [-0.15, -0.1) is 0 Å². The molecule has 0 unspecified atom stereocenters. The van der Waals surface area contributed by atoms with Crippen LogP contribution in [0.3, 0.4) is 0 Å². The molecule has 2 aromatic carbocycles. The van der Waals surface area contributed by atoms with E-state index in [9.17, 15) is 4.79 Å². The maximum atomic E-state index is 12.4. The van der Waals surface area contributed by atoms with Crippen LogP contribution in [0.15, 0.2) is 42.5 Å². The van der Waals surface area contributed by atoms with E-state index in [1.165, 1.54) is 5.56 Å². The largest absolute Gasteiger partial charge is 0.494 e. The summed E-state index contributed by atoms with van der Waals surface area (Å²) in [5.74, 6) is 1.80. The third kappa shape index (κ3) is 7.26. The summed E-state index contributed by atoms with van der Waals surface area (Å²) < 4.78 is 11.5. The molecule has 0 radical (unpaired) electrons. The fraction of sp³-hybridized carbons (Fsp3) is 0.480. The summed E-state index contributed by atoms with van der Waals surface area (Å²) in [6.07, 6.45) is 1.00. The fourth-order valence-electron chi connectivity index (χ4n) is 3.59. The van der Waals surface area contributed by atoms with Crippen molar-refractivity contribution in [2.45, 2.75) is 27.2 Å². The summed E-state index contributed by atoms with van der Waals surface area (Å²) in [7, 11) is 0. The van der Waals surface area contributed by atoms with Crippen molar-refractivity contribution in [1.82, 2.24) is 9.80 Å². The molecule has 1 fully saturated rings. The summed E-state index contributed by atoms with van der Waals surface area (Å²) in [6, 6.07) is 13.8. The van der Waals surface area contributed by atoms with Gasteiger partial charge in [0, 0.05) is 38.4 Å². The molecule has 6 heteroatoms. The zero-order valence-electron chi connectivity index (χ0n) is 19.0. The van der Waals surface area contributed by atoms with Crippen molar-refractivity contribution in [3.63, 3.8) is 0 Å². The minimum atomic E-state index is 0.0526. The van der Waals surface area contributed by atoms with E-state index in [4.69, 9.17) is 9.47 Å². The molecular formula is C25H35N3O3. The Kier molecular flexibility index (Phi) is 8.74. The van der Waals surface area contributed by atoms with E-state index >= 15 is 0 Å². The Morgan fingerprint density at radius 1 is 0.903 bits per heavy atom. The third-order valence-electron chi connectivity index (χ3n) is 5.68. The molecule has 0 bridgehead atoms. The molecule has 1 heterocycles. The third-order valence-corrected chi connectivity index (χ3v) is 5.68. The van der Waals surface area contributed by atoms with Gasteiger partial charge in [0.25, 0.3) is 0 Å². The molecule has 1 amide bonds. The molecular weight excluding hydrogens is 390 g/mol. The number of nitrogens with one attached hydrogen (secondary N) is 1. The summed E-state index contributed by atoms with van der Waals surface area (Å²) in [4.78, 5) is 17.0. The van der Waals surface area contributed by atoms with Crippen molar-refractivity contribution in [3.05, 3.63) is 53.6 Å². The molecule has 1 aliphatic rings. The average molecular weight is 426 g/mol. The van der Waals surface area contributed by atoms with E-state index in [0.29, 0.717) is 13.2 Å². The summed E-state index contributed by atoms with van der Waals surface area (Å²) in [5.41, 5.74) is 3.23. The second kappa shape index (κ2) is 11.7. The van der Waals surface area contributed by atoms with Crippen LogP contribution in [0.25, 0.3) is 0 Å². The zero-order valence-corrected chi connectivity index (χ0v) is 19.0. The highest BCUT2D eigenvalue weighted by Crippen LogP contribution is 2.19. The lowest BCUT2D eigenvalue weighted by molar-refractivity contribution is -0.117. The van der Waals surface area contributed by atoms with E-state index in [0.717, 1.165) is 68.5 Å². The predicted octanol–water partition coefficient (Wildman–Crippen LogP) is 3.73. The van der Waals surface area contributed by atoms with Crippen molar-refractivity contribution in [2.75, 3.05) is 57.8 Å². The van der Waals surface area contributed by atoms with Gasteiger partial charge in [0.1, 0.15) is 18.1 Å². The van der Waals surface area contributed by atoms with Crippen LogP contribution in [0.2, 0.25) is 0 Å². The molecule has 1 aliphatic heterocycles. The quantitative estimate of drug-likeness (QED) is 0.629. The Balaban J connectivity index is 1.33. The Labute approximate surface area is 186 Å². The van der Waals surface area contributed by atoms with Gasteiger partial charge in [-0.2, -0.15) is 0 Å². The van der Waals surface area contributed by atoms with Gasteiger partial charge in [0.2, 0.25) is 5.91 Å². The number of hydrogen-bond acceptors (Lipinski definition) is 5. The van der Waals surface area contributed by atoms with Gasteiger partial charge < -0.3 is 14.8 Å². The second-order valence-electron chi connectivity index (χ2n) is 8.08. The average Bonchev–Trinajstić information content (AvgIpc) is 2.77. The highest BCUT2D eigenvalue weighted by Gasteiger charge is 2.19. The van der Waals surface area contributed by atoms with Gasteiger partial charge in [0.05, 0.1) is 13.2 Å². The van der Waals surface area contributed by atoms with Crippen LogP contribution in [-0.2, 0) is 4.79 Å². The van der Waals surface area contributed by atoms with Gasteiger partial charge in [-0.05, 0) is 61.7 Å². The number of carbonyl (C=O) groups excluding carboxylic acids is 1. The Morgan fingerprint density at radius 2 is 1.52 bits per heavy atom. The van der Waals surface area contributed by atoms with E-state index in [2.05, 4.69) is 35.0 Å². The number of hydrogen-bond donors (Lipinski definition) is 1. The molecule has 2 aromatic rings. The lowest BCUT2D eigenvalue weighted by atomic mass is 10.1. The number of piperazine rings is 1. The minimum Gasteiger partial charge on any atom is -0.494 e. The minimum absolute atomic E-state index is 0.0526.